The Balaban J connectivity index is 1.32. The number of hydrogen-bond acceptors (Lipinski definition) is 6. The van der Waals surface area contributed by atoms with Crippen molar-refractivity contribution in [1.82, 2.24) is 20.0 Å². The lowest BCUT2D eigenvalue weighted by atomic mass is 10.00. The number of nitrogen functional groups attached to an aromatic ring is 1. The van der Waals surface area contributed by atoms with Gasteiger partial charge in [0, 0.05) is 65.4 Å². The van der Waals surface area contributed by atoms with Gasteiger partial charge < -0.3 is 30.3 Å². The molecule has 3 heterocycles. The highest BCUT2D eigenvalue weighted by Crippen LogP contribution is 2.38. The molecule has 10 heteroatoms. The number of rotatable bonds is 6. The highest BCUT2D eigenvalue weighted by molar-refractivity contribution is 6.33. The summed E-state index contributed by atoms with van der Waals surface area (Å²) in [6.45, 7) is 5.13. The zero-order valence-electron chi connectivity index (χ0n) is 19.4. The second-order valence-corrected chi connectivity index (χ2v) is 9.47. The Morgan fingerprint density at radius 2 is 2.09 bits per heavy atom. The summed E-state index contributed by atoms with van der Waals surface area (Å²) < 4.78 is 11.4. The number of anilines is 1. The summed E-state index contributed by atoms with van der Waals surface area (Å²) in [6, 6.07) is 1.56. The van der Waals surface area contributed by atoms with E-state index >= 15 is 0 Å². The van der Waals surface area contributed by atoms with Crippen LogP contribution in [0.1, 0.15) is 35.2 Å². The third kappa shape index (κ3) is 5.15. The first-order valence-corrected chi connectivity index (χ1v) is 12.1. The second kappa shape index (κ2) is 10.4. The first kappa shape index (κ1) is 23.9. The predicted molar refractivity (Wildman–Crippen MR) is 127 cm³/mol. The van der Waals surface area contributed by atoms with Crippen molar-refractivity contribution in [3.8, 4) is 5.75 Å². The number of likely N-dealkylation sites (N-methyl/N-ethyl adjacent to an activating group) is 1. The molecule has 182 valence electrons. The zero-order chi connectivity index (χ0) is 23.5. The fraction of sp³-hybridized carbons (Fsp3) is 0.652. The first-order chi connectivity index (χ1) is 15.9. The van der Waals surface area contributed by atoms with Crippen LogP contribution in [0.4, 0.5) is 10.5 Å². The van der Waals surface area contributed by atoms with Crippen LogP contribution >= 0.6 is 11.6 Å². The molecule has 9 nitrogen and oxygen atoms in total. The fourth-order valence-corrected chi connectivity index (χ4v) is 5.13. The van der Waals surface area contributed by atoms with E-state index < -0.39 is 0 Å². The molecule has 0 aliphatic carbocycles. The lowest BCUT2D eigenvalue weighted by Gasteiger charge is -2.38. The Kier molecular flexibility index (Phi) is 7.51. The number of carbonyl (C=O) groups excluding carboxylic acids is 2. The number of nitrogens with zero attached hydrogens (tertiary/aromatic N) is 3. The van der Waals surface area contributed by atoms with E-state index in [2.05, 4.69) is 10.2 Å². The number of carbonyl (C=O) groups is 2. The number of methoxy groups -OCH3 is 1. The fourth-order valence-electron chi connectivity index (χ4n) is 4.91. The van der Waals surface area contributed by atoms with E-state index in [4.69, 9.17) is 26.8 Å². The SMILES string of the molecule is COC1CN(CCN(C)C(=O)N2CCCC2)CCC1NC(=O)c1cc(Cl)c(N)c2c1OCC2. The molecule has 2 atom stereocenters. The van der Waals surface area contributed by atoms with Gasteiger partial charge in [-0.15, -0.1) is 0 Å². The van der Waals surface area contributed by atoms with Crippen LogP contribution < -0.4 is 15.8 Å². The summed E-state index contributed by atoms with van der Waals surface area (Å²) in [4.78, 5) is 31.6. The molecule has 3 aliphatic heterocycles. The van der Waals surface area contributed by atoms with E-state index in [1.54, 1.807) is 18.1 Å². The van der Waals surface area contributed by atoms with Crippen molar-refractivity contribution in [1.29, 1.82) is 0 Å². The number of piperidine rings is 1. The lowest BCUT2D eigenvalue weighted by molar-refractivity contribution is 0.00501. The van der Waals surface area contributed by atoms with Crippen molar-refractivity contribution in [2.75, 3.05) is 65.8 Å². The molecule has 2 fully saturated rings. The van der Waals surface area contributed by atoms with Gasteiger partial charge in [0.05, 0.1) is 35.0 Å². The van der Waals surface area contributed by atoms with Crippen LogP contribution in [0.2, 0.25) is 5.02 Å². The molecule has 0 aromatic heterocycles. The summed E-state index contributed by atoms with van der Waals surface area (Å²) in [7, 11) is 3.52. The number of nitrogens with two attached hydrogens (primary N) is 1. The molecule has 1 aromatic rings. The van der Waals surface area contributed by atoms with Gasteiger partial charge in [-0.05, 0) is 25.3 Å². The Labute approximate surface area is 200 Å². The average Bonchev–Trinajstić information content (AvgIpc) is 3.52. The number of ether oxygens (including phenoxy) is 2. The number of urea groups is 1. The maximum absolute atomic E-state index is 13.1. The molecule has 3 aliphatic rings. The molecular formula is C23H34ClN5O4. The quantitative estimate of drug-likeness (QED) is 0.604. The van der Waals surface area contributed by atoms with Crippen molar-refractivity contribution >= 4 is 29.2 Å². The Hall–Kier alpha value is -2.23. The molecule has 1 aromatic carbocycles. The van der Waals surface area contributed by atoms with E-state index in [0.717, 1.165) is 51.0 Å². The summed E-state index contributed by atoms with van der Waals surface area (Å²) in [6.07, 6.45) is 3.42. The van der Waals surface area contributed by atoms with E-state index in [9.17, 15) is 9.59 Å². The van der Waals surface area contributed by atoms with Gasteiger partial charge >= 0.3 is 6.03 Å². The third-order valence-corrected chi connectivity index (χ3v) is 7.25. The van der Waals surface area contributed by atoms with Crippen LogP contribution in [0, 0.1) is 0 Å². The van der Waals surface area contributed by atoms with Crippen molar-refractivity contribution < 1.29 is 19.1 Å². The van der Waals surface area contributed by atoms with Crippen LogP contribution in [-0.2, 0) is 11.2 Å². The summed E-state index contributed by atoms with van der Waals surface area (Å²) >= 11 is 6.26. The molecule has 4 rings (SSSR count). The Bertz CT molecular complexity index is 892. The number of fused-ring (bicyclic) bond motifs is 1. The summed E-state index contributed by atoms with van der Waals surface area (Å²) in [5, 5.41) is 3.48. The lowest BCUT2D eigenvalue weighted by Crippen LogP contribution is -2.56. The molecule has 3 amide bonds. The van der Waals surface area contributed by atoms with Crippen molar-refractivity contribution in [3.05, 3.63) is 22.2 Å². The summed E-state index contributed by atoms with van der Waals surface area (Å²) in [5.41, 5.74) is 7.76. The van der Waals surface area contributed by atoms with Gasteiger partial charge in [0.1, 0.15) is 5.75 Å². The monoisotopic (exact) mass is 479 g/mol. The molecule has 3 N–H and O–H groups in total. The normalized spacial score (nSPS) is 22.7. The zero-order valence-corrected chi connectivity index (χ0v) is 20.2. The minimum Gasteiger partial charge on any atom is -0.492 e. The van der Waals surface area contributed by atoms with Gasteiger partial charge in [-0.1, -0.05) is 11.6 Å². The number of halogens is 1. The van der Waals surface area contributed by atoms with Crippen molar-refractivity contribution in [3.63, 3.8) is 0 Å². The number of benzene rings is 1. The van der Waals surface area contributed by atoms with Crippen LogP contribution in [0.5, 0.6) is 5.75 Å². The molecular weight excluding hydrogens is 446 g/mol. The number of nitrogens with one attached hydrogen (secondary N) is 1. The van der Waals surface area contributed by atoms with Gasteiger partial charge in [-0.25, -0.2) is 4.79 Å². The average molecular weight is 480 g/mol. The smallest absolute Gasteiger partial charge is 0.319 e. The van der Waals surface area contributed by atoms with Gasteiger partial charge in [0.15, 0.2) is 0 Å². The van der Waals surface area contributed by atoms with Crippen LogP contribution in [0.15, 0.2) is 6.07 Å². The minimum absolute atomic E-state index is 0.106. The largest absolute Gasteiger partial charge is 0.492 e. The van der Waals surface area contributed by atoms with E-state index in [1.807, 2.05) is 11.9 Å². The highest BCUT2D eigenvalue weighted by Gasteiger charge is 2.33. The van der Waals surface area contributed by atoms with Crippen LogP contribution in [0.3, 0.4) is 0 Å². The molecule has 0 spiro atoms. The maximum atomic E-state index is 13.1. The third-order valence-electron chi connectivity index (χ3n) is 6.93. The molecule has 0 saturated carbocycles. The van der Waals surface area contributed by atoms with Gasteiger partial charge in [0.2, 0.25) is 0 Å². The van der Waals surface area contributed by atoms with Crippen LogP contribution in [0.25, 0.3) is 0 Å². The Morgan fingerprint density at radius 3 is 2.82 bits per heavy atom. The highest BCUT2D eigenvalue weighted by atomic mass is 35.5. The van der Waals surface area contributed by atoms with Gasteiger partial charge in [-0.3, -0.25) is 9.69 Å². The van der Waals surface area contributed by atoms with Crippen molar-refractivity contribution in [2.45, 2.75) is 37.8 Å². The van der Waals surface area contributed by atoms with E-state index in [-0.39, 0.29) is 24.1 Å². The number of hydrogen-bond donors (Lipinski definition) is 2. The molecule has 0 bridgehead atoms. The number of amides is 3. The number of likely N-dealkylation sites (tertiary alicyclic amines) is 2. The van der Waals surface area contributed by atoms with E-state index in [0.29, 0.717) is 48.1 Å². The standard InChI is InChI=1S/C23H34ClN5O4/c1-27(23(31)29-7-3-4-8-29)10-11-28-9-5-18(19(14-28)32-2)26-22(30)16-13-17(24)20(25)15-6-12-33-21(15)16/h13,18-19H,3-12,14,25H2,1-2H3,(H,26,30). The Morgan fingerprint density at radius 1 is 1.33 bits per heavy atom. The first-order valence-electron chi connectivity index (χ1n) is 11.7. The predicted octanol–water partition coefficient (Wildman–Crippen LogP) is 1.82. The van der Waals surface area contributed by atoms with Gasteiger partial charge in [-0.2, -0.15) is 0 Å². The molecule has 2 saturated heterocycles. The topological polar surface area (TPSA) is 100 Å². The molecule has 0 radical (unpaired) electrons. The minimum atomic E-state index is -0.230. The maximum Gasteiger partial charge on any atom is 0.319 e. The van der Waals surface area contributed by atoms with E-state index in [1.165, 1.54) is 0 Å². The second-order valence-electron chi connectivity index (χ2n) is 9.07. The van der Waals surface area contributed by atoms with Crippen LogP contribution in [-0.4, -0.2) is 98.8 Å². The van der Waals surface area contributed by atoms with Gasteiger partial charge in [0.25, 0.3) is 5.91 Å². The molecule has 33 heavy (non-hydrogen) atoms. The van der Waals surface area contributed by atoms with Crippen molar-refractivity contribution in [2.24, 2.45) is 0 Å². The summed E-state index contributed by atoms with van der Waals surface area (Å²) in [5.74, 6) is 0.304. The molecule has 2 unspecified atom stereocenters.